The molecule has 0 heterocycles. The molecule has 0 spiro atoms. The Morgan fingerprint density at radius 3 is 2.69 bits per heavy atom. The van der Waals surface area contributed by atoms with Gasteiger partial charge in [-0.1, -0.05) is 29.3 Å². The van der Waals surface area contributed by atoms with Gasteiger partial charge < -0.3 is 0 Å². The number of hydrogen-bond acceptors (Lipinski definition) is 2. The molecule has 1 rings (SSSR count). The topological polar surface area (TPSA) is 41.5 Å². The van der Waals surface area contributed by atoms with Crippen molar-refractivity contribution in [1.82, 2.24) is 5.43 Å². The van der Waals surface area contributed by atoms with Crippen LogP contribution < -0.4 is 5.43 Å². The van der Waals surface area contributed by atoms with E-state index in [1.54, 1.807) is 18.2 Å². The van der Waals surface area contributed by atoms with Gasteiger partial charge in [-0.05, 0) is 17.7 Å². The summed E-state index contributed by atoms with van der Waals surface area (Å²) < 4.78 is 0. The molecule has 0 saturated carbocycles. The predicted molar refractivity (Wildman–Crippen MR) is 53.3 cm³/mol. The number of benzene rings is 1. The number of nitrogens with one attached hydrogen (secondary N) is 1. The Hall–Kier alpha value is -1.06. The van der Waals surface area contributed by atoms with Crippen LogP contribution >= 0.6 is 23.2 Å². The Balaban J connectivity index is 2.79. The fourth-order valence-corrected chi connectivity index (χ4v) is 1.04. The molecular formula is C8H6Cl2N2O. The van der Waals surface area contributed by atoms with E-state index in [-0.39, 0.29) is 0 Å². The molecule has 0 aliphatic carbocycles. The molecule has 1 N–H and O–H groups in total. The average Bonchev–Trinajstić information content (AvgIpc) is 2.12. The number of carbonyl (C=O) groups excluding carboxylic acids is 1. The van der Waals surface area contributed by atoms with Crippen molar-refractivity contribution >= 4 is 35.8 Å². The van der Waals surface area contributed by atoms with Gasteiger partial charge in [0.1, 0.15) is 0 Å². The number of hydrazone groups is 1. The largest absolute Gasteiger partial charge is 0.277 e. The first-order valence-electron chi connectivity index (χ1n) is 3.41. The zero-order chi connectivity index (χ0) is 9.68. The molecule has 1 aromatic rings. The maximum atomic E-state index is 9.84. The molecular weight excluding hydrogens is 211 g/mol. The van der Waals surface area contributed by atoms with Gasteiger partial charge >= 0.3 is 0 Å². The van der Waals surface area contributed by atoms with Crippen molar-refractivity contribution in [3.8, 4) is 0 Å². The van der Waals surface area contributed by atoms with Crippen molar-refractivity contribution in [3.05, 3.63) is 33.8 Å². The van der Waals surface area contributed by atoms with E-state index in [4.69, 9.17) is 23.2 Å². The summed E-state index contributed by atoms with van der Waals surface area (Å²) in [5.74, 6) is 0. The van der Waals surface area contributed by atoms with Gasteiger partial charge in [-0.25, -0.2) is 5.43 Å². The minimum absolute atomic E-state index is 0.455. The van der Waals surface area contributed by atoms with Crippen molar-refractivity contribution in [1.29, 1.82) is 0 Å². The number of halogens is 2. The molecule has 0 fully saturated rings. The van der Waals surface area contributed by atoms with Gasteiger partial charge in [0.05, 0.1) is 16.3 Å². The van der Waals surface area contributed by atoms with Gasteiger partial charge in [-0.15, -0.1) is 0 Å². The highest BCUT2D eigenvalue weighted by atomic mass is 35.5. The summed E-state index contributed by atoms with van der Waals surface area (Å²) in [5.41, 5.74) is 2.91. The molecule has 0 saturated heterocycles. The van der Waals surface area contributed by atoms with Crippen LogP contribution in [0.25, 0.3) is 0 Å². The van der Waals surface area contributed by atoms with Crippen molar-refractivity contribution in [2.75, 3.05) is 0 Å². The van der Waals surface area contributed by atoms with Gasteiger partial charge in [0.15, 0.2) is 0 Å². The third kappa shape index (κ3) is 3.05. The lowest BCUT2D eigenvalue weighted by molar-refractivity contribution is -0.109. The highest BCUT2D eigenvalue weighted by molar-refractivity contribution is 6.42. The Labute approximate surface area is 85.3 Å². The minimum Gasteiger partial charge on any atom is -0.277 e. The molecule has 13 heavy (non-hydrogen) atoms. The van der Waals surface area contributed by atoms with E-state index in [2.05, 4.69) is 10.5 Å². The summed E-state index contributed by atoms with van der Waals surface area (Å²) in [6.07, 6.45) is 1.95. The lowest BCUT2D eigenvalue weighted by Crippen LogP contribution is -2.00. The Bertz CT molecular complexity index is 339. The third-order valence-electron chi connectivity index (χ3n) is 1.28. The average molecular weight is 217 g/mol. The zero-order valence-electron chi connectivity index (χ0n) is 6.50. The SMILES string of the molecule is O=CN/N=C/c1ccc(Cl)c(Cl)c1. The van der Waals surface area contributed by atoms with E-state index in [0.717, 1.165) is 5.56 Å². The molecule has 1 amide bonds. The summed E-state index contributed by atoms with van der Waals surface area (Å²) in [4.78, 5) is 9.84. The van der Waals surface area contributed by atoms with E-state index in [0.29, 0.717) is 16.5 Å². The minimum atomic E-state index is 0.455. The zero-order valence-corrected chi connectivity index (χ0v) is 8.01. The maximum Gasteiger partial charge on any atom is 0.227 e. The normalized spacial score (nSPS) is 10.3. The van der Waals surface area contributed by atoms with Gasteiger partial charge in [0, 0.05) is 0 Å². The lowest BCUT2D eigenvalue weighted by atomic mass is 10.2. The van der Waals surface area contributed by atoms with Crippen molar-refractivity contribution < 1.29 is 4.79 Å². The fraction of sp³-hybridized carbons (Fsp3) is 0. The molecule has 0 unspecified atom stereocenters. The molecule has 5 heteroatoms. The molecule has 0 bridgehead atoms. The summed E-state index contributed by atoms with van der Waals surface area (Å²) in [6, 6.07) is 5.05. The number of carbonyl (C=O) groups is 1. The van der Waals surface area contributed by atoms with Crippen LogP contribution in [0.15, 0.2) is 23.3 Å². The number of rotatable bonds is 3. The monoisotopic (exact) mass is 216 g/mol. The fourth-order valence-electron chi connectivity index (χ4n) is 0.735. The Kier molecular flexibility index (Phi) is 3.73. The molecule has 3 nitrogen and oxygen atoms in total. The predicted octanol–water partition coefficient (Wildman–Crippen LogP) is 2.07. The van der Waals surface area contributed by atoms with Crippen LogP contribution in [0.5, 0.6) is 0 Å². The first kappa shape index (κ1) is 10.0. The molecule has 0 aliphatic heterocycles. The first-order valence-corrected chi connectivity index (χ1v) is 4.17. The van der Waals surface area contributed by atoms with Crippen LogP contribution in [0.1, 0.15) is 5.56 Å². The van der Waals surface area contributed by atoms with E-state index in [1.807, 2.05) is 0 Å². The smallest absolute Gasteiger partial charge is 0.227 e. The Morgan fingerprint density at radius 2 is 2.08 bits per heavy atom. The molecule has 1 aromatic carbocycles. The lowest BCUT2D eigenvalue weighted by Gasteiger charge is -1.96. The van der Waals surface area contributed by atoms with Crippen LogP contribution in [0.2, 0.25) is 10.0 Å². The number of nitrogens with zero attached hydrogens (tertiary/aromatic N) is 1. The third-order valence-corrected chi connectivity index (χ3v) is 2.02. The van der Waals surface area contributed by atoms with Gasteiger partial charge in [0.25, 0.3) is 0 Å². The van der Waals surface area contributed by atoms with Crippen molar-refractivity contribution in [2.45, 2.75) is 0 Å². The van der Waals surface area contributed by atoms with E-state index in [9.17, 15) is 4.79 Å². The Morgan fingerprint density at radius 1 is 1.31 bits per heavy atom. The van der Waals surface area contributed by atoms with Crippen molar-refractivity contribution in [2.24, 2.45) is 5.10 Å². The van der Waals surface area contributed by atoms with E-state index < -0.39 is 0 Å². The standard InChI is InChI=1S/C8H6Cl2N2O/c9-7-2-1-6(3-8(7)10)4-11-12-5-13/h1-5H,(H,12,13)/b11-4+. The second-order valence-electron chi connectivity index (χ2n) is 2.18. The maximum absolute atomic E-state index is 9.84. The van der Waals surface area contributed by atoms with Crippen LogP contribution in [0.4, 0.5) is 0 Å². The van der Waals surface area contributed by atoms with Crippen LogP contribution in [-0.2, 0) is 4.79 Å². The molecule has 68 valence electrons. The van der Waals surface area contributed by atoms with Crippen LogP contribution in [-0.4, -0.2) is 12.6 Å². The highest BCUT2D eigenvalue weighted by Crippen LogP contribution is 2.21. The highest BCUT2D eigenvalue weighted by Gasteiger charge is 1.96. The molecule has 0 atom stereocenters. The molecule has 0 aromatic heterocycles. The van der Waals surface area contributed by atoms with E-state index in [1.165, 1.54) is 6.21 Å². The molecule has 0 radical (unpaired) electrons. The van der Waals surface area contributed by atoms with Gasteiger partial charge in [0.2, 0.25) is 6.41 Å². The van der Waals surface area contributed by atoms with Crippen molar-refractivity contribution in [3.63, 3.8) is 0 Å². The van der Waals surface area contributed by atoms with Gasteiger partial charge in [-0.3, -0.25) is 4.79 Å². The number of amides is 1. The summed E-state index contributed by atoms with van der Waals surface area (Å²) >= 11 is 11.4. The molecule has 0 aliphatic rings. The summed E-state index contributed by atoms with van der Waals surface area (Å²) in [6.45, 7) is 0. The van der Waals surface area contributed by atoms with Crippen LogP contribution in [0, 0.1) is 0 Å². The second kappa shape index (κ2) is 4.84. The van der Waals surface area contributed by atoms with Crippen LogP contribution in [0.3, 0.4) is 0 Å². The summed E-state index contributed by atoms with van der Waals surface area (Å²) in [7, 11) is 0. The van der Waals surface area contributed by atoms with Gasteiger partial charge in [-0.2, -0.15) is 5.10 Å². The summed E-state index contributed by atoms with van der Waals surface area (Å²) in [5, 5.41) is 4.53. The second-order valence-corrected chi connectivity index (χ2v) is 2.99. The first-order chi connectivity index (χ1) is 6.24. The van der Waals surface area contributed by atoms with E-state index >= 15 is 0 Å². The quantitative estimate of drug-likeness (QED) is 0.470. The number of hydrogen-bond donors (Lipinski definition) is 1.